The summed E-state index contributed by atoms with van der Waals surface area (Å²) in [6.07, 6.45) is 6.54. The monoisotopic (exact) mass is 270 g/mol. The number of benzene rings is 1. The minimum absolute atomic E-state index is 0.255. The van der Waals surface area contributed by atoms with Gasteiger partial charge in [0.1, 0.15) is 11.4 Å². The fraction of sp³-hybridized carbons (Fsp3) is 0.500. The van der Waals surface area contributed by atoms with E-state index in [4.69, 9.17) is 0 Å². The highest BCUT2D eigenvalue weighted by Gasteiger charge is 2.26. The molecule has 4 nitrogen and oxygen atoms in total. The molecule has 20 heavy (non-hydrogen) atoms. The van der Waals surface area contributed by atoms with Gasteiger partial charge in [0.25, 0.3) is 0 Å². The maximum absolute atomic E-state index is 4.31. The molecule has 0 radical (unpaired) electrons. The van der Waals surface area contributed by atoms with Crippen LogP contribution in [0.25, 0.3) is 11.3 Å². The molecule has 2 N–H and O–H groups in total. The third kappa shape index (κ3) is 2.90. The largest absolute Gasteiger partial charge is 0.306 e. The lowest BCUT2D eigenvalue weighted by atomic mass is 9.83. The first-order valence-electron chi connectivity index (χ1n) is 7.47. The number of nitrogens with one attached hydrogen (secondary N) is 2. The van der Waals surface area contributed by atoms with Gasteiger partial charge < -0.3 is 5.32 Å². The molecule has 0 aliphatic heterocycles. The molecule has 1 saturated carbocycles. The number of hydrogen-bond acceptors (Lipinski definition) is 3. The van der Waals surface area contributed by atoms with Crippen molar-refractivity contribution in [2.45, 2.75) is 51.1 Å². The van der Waals surface area contributed by atoms with Gasteiger partial charge in [0.05, 0.1) is 0 Å². The Morgan fingerprint density at radius 2 is 1.85 bits per heavy atom. The predicted molar refractivity (Wildman–Crippen MR) is 80.1 cm³/mol. The zero-order valence-corrected chi connectivity index (χ0v) is 12.0. The van der Waals surface area contributed by atoms with Gasteiger partial charge in [-0.2, -0.15) is 15.4 Å². The van der Waals surface area contributed by atoms with Crippen LogP contribution in [0.1, 0.15) is 44.7 Å². The molecular formula is C16H22N4. The molecule has 4 heteroatoms. The first-order valence-corrected chi connectivity index (χ1v) is 7.47. The van der Waals surface area contributed by atoms with Crippen molar-refractivity contribution in [2.24, 2.45) is 0 Å². The first kappa shape index (κ1) is 13.3. The van der Waals surface area contributed by atoms with Crippen LogP contribution in [0.5, 0.6) is 0 Å². The molecular weight excluding hydrogens is 248 g/mol. The number of aromatic amines is 1. The molecule has 0 saturated heterocycles. The Bertz CT molecular complexity index is 541. The van der Waals surface area contributed by atoms with Crippen molar-refractivity contribution >= 4 is 0 Å². The third-order valence-electron chi connectivity index (χ3n) is 4.31. The van der Waals surface area contributed by atoms with E-state index in [0.29, 0.717) is 0 Å². The number of aromatic nitrogens is 3. The number of rotatable bonds is 4. The Balaban J connectivity index is 1.71. The van der Waals surface area contributed by atoms with Crippen molar-refractivity contribution in [3.63, 3.8) is 0 Å². The van der Waals surface area contributed by atoms with Crippen molar-refractivity contribution in [3.8, 4) is 11.3 Å². The molecule has 1 aromatic heterocycles. The van der Waals surface area contributed by atoms with Crippen molar-refractivity contribution < 1.29 is 0 Å². The second-order valence-electron chi connectivity index (χ2n) is 5.96. The SMILES string of the molecule is CC1(NCc2n[nH]nc2-c2ccccc2)CCCCC1. The average molecular weight is 270 g/mol. The lowest BCUT2D eigenvalue weighted by Crippen LogP contribution is -2.43. The molecule has 1 aliphatic carbocycles. The molecule has 3 rings (SSSR count). The van der Waals surface area contributed by atoms with Crippen molar-refractivity contribution in [3.05, 3.63) is 36.0 Å². The van der Waals surface area contributed by atoms with Gasteiger partial charge in [-0.1, -0.05) is 49.6 Å². The normalized spacial score (nSPS) is 18.1. The van der Waals surface area contributed by atoms with Gasteiger partial charge >= 0.3 is 0 Å². The van der Waals surface area contributed by atoms with Crippen LogP contribution in [-0.2, 0) is 6.54 Å². The number of hydrogen-bond donors (Lipinski definition) is 2. The maximum atomic E-state index is 4.31. The van der Waals surface area contributed by atoms with Crippen LogP contribution >= 0.6 is 0 Å². The average Bonchev–Trinajstić information content (AvgIpc) is 2.95. The van der Waals surface area contributed by atoms with Crippen LogP contribution < -0.4 is 5.32 Å². The Hall–Kier alpha value is -1.68. The van der Waals surface area contributed by atoms with Gasteiger partial charge in [-0.25, -0.2) is 0 Å². The molecule has 2 aromatic rings. The Morgan fingerprint density at radius 3 is 2.60 bits per heavy atom. The molecule has 1 aliphatic rings. The highest BCUT2D eigenvalue weighted by atomic mass is 15.3. The zero-order valence-electron chi connectivity index (χ0n) is 12.0. The molecule has 0 bridgehead atoms. The van der Waals surface area contributed by atoms with Crippen LogP contribution in [0, 0.1) is 0 Å². The minimum Gasteiger partial charge on any atom is -0.306 e. The summed E-state index contributed by atoms with van der Waals surface area (Å²) in [7, 11) is 0. The Morgan fingerprint density at radius 1 is 1.10 bits per heavy atom. The van der Waals surface area contributed by atoms with Gasteiger partial charge in [0.2, 0.25) is 0 Å². The maximum Gasteiger partial charge on any atom is 0.117 e. The van der Waals surface area contributed by atoms with Crippen molar-refractivity contribution in [1.29, 1.82) is 0 Å². The van der Waals surface area contributed by atoms with Gasteiger partial charge in [-0.15, -0.1) is 0 Å². The molecule has 1 heterocycles. The third-order valence-corrected chi connectivity index (χ3v) is 4.31. The smallest absolute Gasteiger partial charge is 0.117 e. The van der Waals surface area contributed by atoms with Gasteiger partial charge in [-0.3, -0.25) is 0 Å². The first-order chi connectivity index (χ1) is 9.77. The summed E-state index contributed by atoms with van der Waals surface area (Å²) in [6.45, 7) is 3.10. The van der Waals surface area contributed by atoms with Crippen molar-refractivity contribution in [2.75, 3.05) is 0 Å². The van der Waals surface area contributed by atoms with E-state index in [1.807, 2.05) is 18.2 Å². The van der Waals surface area contributed by atoms with Gasteiger partial charge in [0.15, 0.2) is 0 Å². The van der Waals surface area contributed by atoms with Crippen LogP contribution in [0.2, 0.25) is 0 Å². The molecule has 0 amide bonds. The van der Waals surface area contributed by atoms with Crippen LogP contribution in [0.15, 0.2) is 30.3 Å². The lowest BCUT2D eigenvalue weighted by molar-refractivity contribution is 0.251. The fourth-order valence-corrected chi connectivity index (χ4v) is 3.01. The Kier molecular flexibility index (Phi) is 3.83. The van der Waals surface area contributed by atoms with Gasteiger partial charge in [-0.05, 0) is 19.8 Å². The van der Waals surface area contributed by atoms with E-state index in [9.17, 15) is 0 Å². The highest BCUT2D eigenvalue weighted by molar-refractivity contribution is 5.60. The van der Waals surface area contributed by atoms with E-state index in [0.717, 1.165) is 23.5 Å². The summed E-state index contributed by atoms with van der Waals surface area (Å²) in [6, 6.07) is 10.2. The number of H-pyrrole nitrogens is 1. The molecule has 0 atom stereocenters. The topological polar surface area (TPSA) is 53.6 Å². The fourth-order valence-electron chi connectivity index (χ4n) is 3.01. The summed E-state index contributed by atoms with van der Waals surface area (Å²) in [5.74, 6) is 0. The second-order valence-corrected chi connectivity index (χ2v) is 5.96. The van der Waals surface area contributed by atoms with E-state index >= 15 is 0 Å². The van der Waals surface area contributed by atoms with Gasteiger partial charge in [0, 0.05) is 17.6 Å². The standard InChI is InChI=1S/C16H22N4/c1-16(10-6-3-7-11-16)17-12-14-15(19-20-18-14)13-8-4-2-5-9-13/h2,4-5,8-9,17H,3,6-7,10-12H2,1H3,(H,18,19,20). The van der Waals surface area contributed by atoms with E-state index in [2.05, 4.69) is 39.8 Å². The predicted octanol–water partition coefficient (Wildman–Crippen LogP) is 3.28. The van der Waals surface area contributed by atoms with Crippen LogP contribution in [0.4, 0.5) is 0 Å². The Labute approximate surface area is 120 Å². The summed E-state index contributed by atoms with van der Waals surface area (Å²) in [5, 5.41) is 15.1. The summed E-state index contributed by atoms with van der Waals surface area (Å²) in [4.78, 5) is 0. The molecule has 106 valence electrons. The summed E-state index contributed by atoms with van der Waals surface area (Å²) >= 11 is 0. The van der Waals surface area contributed by atoms with E-state index in [1.165, 1.54) is 32.1 Å². The van der Waals surface area contributed by atoms with E-state index < -0.39 is 0 Å². The van der Waals surface area contributed by atoms with Crippen LogP contribution in [-0.4, -0.2) is 20.9 Å². The number of nitrogens with zero attached hydrogens (tertiary/aromatic N) is 2. The lowest BCUT2D eigenvalue weighted by Gasteiger charge is -2.34. The summed E-state index contributed by atoms with van der Waals surface area (Å²) in [5.41, 5.74) is 3.33. The van der Waals surface area contributed by atoms with Crippen molar-refractivity contribution in [1.82, 2.24) is 20.7 Å². The molecule has 1 aromatic carbocycles. The van der Waals surface area contributed by atoms with E-state index in [1.54, 1.807) is 0 Å². The minimum atomic E-state index is 0.255. The van der Waals surface area contributed by atoms with E-state index in [-0.39, 0.29) is 5.54 Å². The highest BCUT2D eigenvalue weighted by Crippen LogP contribution is 2.28. The molecule has 1 fully saturated rings. The second kappa shape index (κ2) is 5.75. The molecule has 0 spiro atoms. The quantitative estimate of drug-likeness (QED) is 0.896. The summed E-state index contributed by atoms with van der Waals surface area (Å²) < 4.78 is 0. The zero-order chi connectivity index (χ0) is 13.8. The molecule has 0 unspecified atom stereocenters. The van der Waals surface area contributed by atoms with Crippen LogP contribution in [0.3, 0.4) is 0 Å².